The highest BCUT2D eigenvalue weighted by molar-refractivity contribution is 5.01. The summed E-state index contributed by atoms with van der Waals surface area (Å²) in [7, 11) is 0. The van der Waals surface area contributed by atoms with Crippen LogP contribution in [0.4, 0.5) is 0 Å². The van der Waals surface area contributed by atoms with Crippen LogP contribution in [-0.2, 0) is 4.74 Å². The normalized spacial score (nSPS) is 30.2. The van der Waals surface area contributed by atoms with Crippen molar-refractivity contribution in [1.82, 2.24) is 0 Å². The van der Waals surface area contributed by atoms with Crippen molar-refractivity contribution in [3.63, 3.8) is 0 Å². The Hall–Kier alpha value is -0.550. The molecule has 0 heterocycles. The van der Waals surface area contributed by atoms with Crippen LogP contribution in [0.25, 0.3) is 0 Å². The molecule has 29 heavy (non-hydrogen) atoms. The Morgan fingerprint density at radius 2 is 1.34 bits per heavy atom. The van der Waals surface area contributed by atoms with Crippen molar-refractivity contribution in [2.24, 2.45) is 17.3 Å². The molecule has 2 nitrogen and oxygen atoms in total. The van der Waals surface area contributed by atoms with Gasteiger partial charge in [-0.25, -0.2) is 0 Å². The van der Waals surface area contributed by atoms with Gasteiger partial charge >= 0.3 is 0 Å². The Morgan fingerprint density at radius 1 is 0.759 bits per heavy atom. The van der Waals surface area contributed by atoms with Gasteiger partial charge in [-0.15, -0.1) is 0 Å². The van der Waals surface area contributed by atoms with Gasteiger partial charge in [0.25, 0.3) is 0 Å². The molecule has 0 amide bonds. The molecule has 0 bridgehead atoms. The third-order valence-corrected chi connectivity index (χ3v) is 7.89. The number of hydrogen-bond donors (Lipinski definition) is 0. The van der Waals surface area contributed by atoms with E-state index in [1.165, 1.54) is 89.9 Å². The van der Waals surface area contributed by atoms with Gasteiger partial charge in [0.05, 0.1) is 17.6 Å². The number of rotatable bonds is 14. The minimum atomic E-state index is -0.0389. The summed E-state index contributed by atoms with van der Waals surface area (Å²) in [6, 6.07) is 2.70. The van der Waals surface area contributed by atoms with Crippen LogP contribution < -0.4 is 0 Å². The average Bonchev–Trinajstić information content (AvgIpc) is 2.77. The molecule has 0 aliphatic heterocycles. The summed E-state index contributed by atoms with van der Waals surface area (Å²) in [5.41, 5.74) is -0.0389. The van der Waals surface area contributed by atoms with Crippen LogP contribution in [0.1, 0.15) is 136 Å². The van der Waals surface area contributed by atoms with Gasteiger partial charge in [0.1, 0.15) is 0 Å². The number of ether oxygens (including phenoxy) is 1. The SMILES string of the molecule is CCCCCCC[C@H]1CC[C@H](CO[C@H]2CC[C@@](C#N)(CCCCCC)CC2)CC1. The minimum absolute atomic E-state index is 0.0389. The molecule has 0 aromatic heterocycles. The standard InChI is InChI=1S/C27H49NO/c1-3-5-7-9-10-12-24-13-15-25(16-14-24)22-29-26-17-20-27(23-28,21-18-26)19-11-8-6-4-2/h24-26H,3-22H2,1-2H3/t24-,25-,26-,27-. The Labute approximate surface area is 182 Å². The molecular formula is C27H49NO. The zero-order chi connectivity index (χ0) is 20.8. The number of nitrogens with zero attached hydrogens (tertiary/aromatic N) is 1. The van der Waals surface area contributed by atoms with Crippen molar-refractivity contribution in [2.45, 2.75) is 142 Å². The first-order valence-corrected chi connectivity index (χ1v) is 13.2. The summed E-state index contributed by atoms with van der Waals surface area (Å²) in [5.74, 6) is 1.79. The lowest BCUT2D eigenvalue weighted by Crippen LogP contribution is -2.31. The van der Waals surface area contributed by atoms with Crippen LogP contribution in [0.5, 0.6) is 0 Å². The van der Waals surface area contributed by atoms with Crippen LogP contribution in [0, 0.1) is 28.6 Å². The van der Waals surface area contributed by atoms with Gasteiger partial charge in [-0.05, 0) is 56.8 Å². The molecule has 0 aromatic carbocycles. The number of unbranched alkanes of at least 4 members (excludes halogenated alkanes) is 7. The zero-order valence-corrected chi connectivity index (χ0v) is 19.7. The van der Waals surface area contributed by atoms with Crippen LogP contribution >= 0.6 is 0 Å². The van der Waals surface area contributed by atoms with Crippen LogP contribution in [0.3, 0.4) is 0 Å². The van der Waals surface area contributed by atoms with Crippen molar-refractivity contribution >= 4 is 0 Å². The largest absolute Gasteiger partial charge is 0.378 e. The third kappa shape index (κ3) is 9.42. The molecule has 2 aliphatic carbocycles. The average molecular weight is 404 g/mol. The lowest BCUT2D eigenvalue weighted by atomic mass is 9.71. The molecule has 2 saturated carbocycles. The van der Waals surface area contributed by atoms with Gasteiger partial charge in [-0.3, -0.25) is 0 Å². The molecular weight excluding hydrogens is 354 g/mol. The fraction of sp³-hybridized carbons (Fsp3) is 0.963. The summed E-state index contributed by atoms with van der Waals surface area (Å²) in [6.45, 7) is 5.53. The molecule has 0 atom stereocenters. The maximum atomic E-state index is 9.76. The third-order valence-electron chi connectivity index (χ3n) is 7.89. The first-order chi connectivity index (χ1) is 14.2. The highest BCUT2D eigenvalue weighted by Gasteiger charge is 2.35. The van der Waals surface area contributed by atoms with E-state index in [9.17, 15) is 5.26 Å². The first-order valence-electron chi connectivity index (χ1n) is 13.2. The summed E-state index contributed by atoms with van der Waals surface area (Å²) >= 11 is 0. The lowest BCUT2D eigenvalue weighted by Gasteiger charge is -2.36. The second kappa shape index (κ2) is 14.5. The zero-order valence-electron chi connectivity index (χ0n) is 19.7. The molecule has 0 spiro atoms. The fourth-order valence-corrected chi connectivity index (χ4v) is 5.61. The van der Waals surface area contributed by atoms with Crippen LogP contribution in [0.2, 0.25) is 0 Å². The molecule has 0 aromatic rings. The van der Waals surface area contributed by atoms with E-state index in [1.807, 2.05) is 0 Å². The number of nitriles is 1. The van der Waals surface area contributed by atoms with Crippen molar-refractivity contribution in [2.75, 3.05) is 6.61 Å². The van der Waals surface area contributed by atoms with Gasteiger partial charge in [0.15, 0.2) is 0 Å². The highest BCUT2D eigenvalue weighted by Crippen LogP contribution is 2.41. The summed E-state index contributed by atoms with van der Waals surface area (Å²) in [5, 5.41) is 9.76. The van der Waals surface area contributed by atoms with E-state index in [4.69, 9.17) is 4.74 Å². The molecule has 2 rings (SSSR count). The van der Waals surface area contributed by atoms with Gasteiger partial charge in [-0.2, -0.15) is 5.26 Å². The molecule has 0 saturated heterocycles. The van der Waals surface area contributed by atoms with Crippen molar-refractivity contribution in [3.05, 3.63) is 0 Å². The van der Waals surface area contributed by atoms with Gasteiger partial charge in [0.2, 0.25) is 0 Å². The Kier molecular flexibility index (Phi) is 12.3. The second-order valence-corrected chi connectivity index (χ2v) is 10.3. The lowest BCUT2D eigenvalue weighted by molar-refractivity contribution is -0.0185. The van der Waals surface area contributed by atoms with Crippen molar-refractivity contribution in [1.29, 1.82) is 5.26 Å². The van der Waals surface area contributed by atoms with E-state index in [0.29, 0.717) is 6.10 Å². The monoisotopic (exact) mass is 403 g/mol. The van der Waals surface area contributed by atoms with E-state index in [0.717, 1.165) is 50.5 Å². The van der Waals surface area contributed by atoms with E-state index in [1.54, 1.807) is 0 Å². The summed E-state index contributed by atoms with van der Waals surface area (Å²) in [4.78, 5) is 0. The predicted octanol–water partition coefficient (Wildman–Crippen LogP) is 8.59. The van der Waals surface area contributed by atoms with Gasteiger partial charge in [0, 0.05) is 6.61 Å². The van der Waals surface area contributed by atoms with E-state index >= 15 is 0 Å². The molecule has 0 radical (unpaired) electrons. The number of hydrogen-bond acceptors (Lipinski definition) is 2. The highest BCUT2D eigenvalue weighted by atomic mass is 16.5. The maximum absolute atomic E-state index is 9.76. The molecule has 0 N–H and O–H groups in total. The van der Waals surface area contributed by atoms with Crippen molar-refractivity contribution < 1.29 is 4.74 Å². The predicted molar refractivity (Wildman–Crippen MR) is 124 cm³/mol. The topological polar surface area (TPSA) is 33.0 Å². The van der Waals surface area contributed by atoms with Gasteiger partial charge < -0.3 is 4.74 Å². The summed E-state index contributed by atoms with van der Waals surface area (Å²) < 4.78 is 6.35. The van der Waals surface area contributed by atoms with Gasteiger partial charge in [-0.1, -0.05) is 90.9 Å². The van der Waals surface area contributed by atoms with Crippen molar-refractivity contribution in [3.8, 4) is 6.07 Å². The molecule has 2 heteroatoms. The maximum Gasteiger partial charge on any atom is 0.0689 e. The van der Waals surface area contributed by atoms with Crippen LogP contribution in [-0.4, -0.2) is 12.7 Å². The molecule has 2 aliphatic rings. The van der Waals surface area contributed by atoms with Crippen LogP contribution in [0.15, 0.2) is 0 Å². The first kappa shape index (κ1) is 24.7. The quantitative estimate of drug-likeness (QED) is 0.272. The second-order valence-electron chi connectivity index (χ2n) is 10.3. The molecule has 2 fully saturated rings. The molecule has 0 unspecified atom stereocenters. The molecule has 168 valence electrons. The Bertz CT molecular complexity index is 438. The Balaban J connectivity index is 1.55. The van der Waals surface area contributed by atoms with E-state index in [-0.39, 0.29) is 5.41 Å². The fourth-order valence-electron chi connectivity index (χ4n) is 5.61. The smallest absolute Gasteiger partial charge is 0.0689 e. The van der Waals surface area contributed by atoms with E-state index in [2.05, 4.69) is 19.9 Å². The van der Waals surface area contributed by atoms with E-state index < -0.39 is 0 Å². The minimum Gasteiger partial charge on any atom is -0.378 e. The Morgan fingerprint density at radius 3 is 1.97 bits per heavy atom. The summed E-state index contributed by atoms with van der Waals surface area (Å²) in [6.07, 6.45) is 25.2.